The number of carboxylic acid groups (broad SMARTS) is 1. The Balaban J connectivity index is 2.91. The first-order valence-electron chi connectivity index (χ1n) is 3.86. The second-order valence-corrected chi connectivity index (χ2v) is 3.17. The molecule has 0 fully saturated rings. The summed E-state index contributed by atoms with van der Waals surface area (Å²) in [5.74, 6) is -2.01. The number of halogens is 2. The minimum atomic E-state index is -1.63. The summed E-state index contributed by atoms with van der Waals surface area (Å²) in [6.45, 7) is 0. The van der Waals surface area contributed by atoms with E-state index in [-0.39, 0.29) is 17.0 Å². The molecule has 14 heavy (non-hydrogen) atoms. The van der Waals surface area contributed by atoms with Crippen molar-refractivity contribution in [3.05, 3.63) is 34.6 Å². The minimum absolute atomic E-state index is 0.0177. The third kappa shape index (κ3) is 2.43. The van der Waals surface area contributed by atoms with Crippen molar-refractivity contribution < 1.29 is 19.4 Å². The van der Waals surface area contributed by atoms with Crippen LogP contribution < -0.4 is 0 Å². The van der Waals surface area contributed by atoms with Crippen LogP contribution in [0.2, 0.25) is 5.02 Å². The maximum Gasteiger partial charge on any atom is 0.332 e. The first-order valence-corrected chi connectivity index (χ1v) is 4.24. The molecule has 0 saturated carbocycles. The van der Waals surface area contributed by atoms with E-state index in [0.29, 0.717) is 0 Å². The van der Waals surface area contributed by atoms with E-state index in [1.807, 2.05) is 0 Å². The lowest BCUT2D eigenvalue weighted by atomic mass is 10.1. The van der Waals surface area contributed by atoms with Crippen LogP contribution in [0, 0.1) is 5.82 Å². The molecule has 0 amide bonds. The fourth-order valence-corrected chi connectivity index (χ4v) is 1.25. The first kappa shape index (κ1) is 10.9. The number of hydrogen-bond donors (Lipinski definition) is 2. The molecule has 5 heteroatoms. The van der Waals surface area contributed by atoms with Crippen molar-refractivity contribution in [3.63, 3.8) is 0 Å². The average Bonchev–Trinajstić information content (AvgIpc) is 2.11. The number of benzene rings is 1. The SMILES string of the molecule is O=C(O)[C@@H](O)Cc1c(F)cccc1Cl. The molecule has 0 aliphatic rings. The predicted molar refractivity (Wildman–Crippen MR) is 48.8 cm³/mol. The van der Waals surface area contributed by atoms with Gasteiger partial charge in [-0.3, -0.25) is 0 Å². The topological polar surface area (TPSA) is 57.5 Å². The zero-order valence-corrected chi connectivity index (χ0v) is 7.83. The molecular formula is C9H8ClFO3. The van der Waals surface area contributed by atoms with Crippen LogP contribution in [-0.4, -0.2) is 22.3 Å². The van der Waals surface area contributed by atoms with Crippen molar-refractivity contribution >= 4 is 17.6 Å². The molecule has 0 bridgehead atoms. The molecule has 0 saturated heterocycles. The Morgan fingerprint density at radius 2 is 2.21 bits per heavy atom. The van der Waals surface area contributed by atoms with Gasteiger partial charge >= 0.3 is 5.97 Å². The van der Waals surface area contributed by atoms with Crippen LogP contribution in [0.1, 0.15) is 5.56 Å². The Bertz CT molecular complexity index is 334. The van der Waals surface area contributed by atoms with Gasteiger partial charge in [0.1, 0.15) is 5.82 Å². The Hall–Kier alpha value is -1.13. The quantitative estimate of drug-likeness (QED) is 0.808. The van der Waals surface area contributed by atoms with Crippen LogP contribution >= 0.6 is 11.6 Å². The normalized spacial score (nSPS) is 12.5. The fourth-order valence-electron chi connectivity index (χ4n) is 1.01. The summed E-state index contributed by atoms with van der Waals surface area (Å²) in [6, 6.07) is 4.01. The summed E-state index contributed by atoms with van der Waals surface area (Å²) < 4.78 is 13.1. The van der Waals surface area contributed by atoms with Crippen LogP contribution in [0.4, 0.5) is 4.39 Å². The van der Waals surface area contributed by atoms with Crippen molar-refractivity contribution in [3.8, 4) is 0 Å². The molecule has 76 valence electrons. The highest BCUT2D eigenvalue weighted by Crippen LogP contribution is 2.20. The number of aliphatic hydroxyl groups excluding tert-OH is 1. The predicted octanol–water partition coefficient (Wildman–Crippen LogP) is 1.47. The van der Waals surface area contributed by atoms with Gasteiger partial charge in [0.2, 0.25) is 0 Å². The second-order valence-electron chi connectivity index (χ2n) is 2.76. The van der Waals surface area contributed by atoms with Gasteiger partial charge in [-0.15, -0.1) is 0 Å². The van der Waals surface area contributed by atoms with Gasteiger partial charge in [0.05, 0.1) is 0 Å². The summed E-state index contributed by atoms with van der Waals surface area (Å²) >= 11 is 5.63. The van der Waals surface area contributed by atoms with Crippen molar-refractivity contribution in [2.75, 3.05) is 0 Å². The van der Waals surface area contributed by atoms with Crippen molar-refractivity contribution in [2.45, 2.75) is 12.5 Å². The van der Waals surface area contributed by atoms with Crippen molar-refractivity contribution in [1.29, 1.82) is 0 Å². The summed E-state index contributed by atoms with van der Waals surface area (Å²) in [5.41, 5.74) is 0.0177. The average molecular weight is 219 g/mol. The molecule has 1 rings (SSSR count). The van der Waals surface area contributed by atoms with Crippen molar-refractivity contribution in [1.82, 2.24) is 0 Å². The molecule has 0 aliphatic heterocycles. The number of aliphatic carboxylic acids is 1. The van der Waals surface area contributed by atoms with Crippen LogP contribution in [-0.2, 0) is 11.2 Å². The van der Waals surface area contributed by atoms with E-state index in [1.165, 1.54) is 12.1 Å². The molecule has 2 N–H and O–H groups in total. The molecule has 1 atom stereocenters. The number of hydrogen-bond acceptors (Lipinski definition) is 2. The van der Waals surface area contributed by atoms with Gasteiger partial charge < -0.3 is 10.2 Å². The van der Waals surface area contributed by atoms with Gasteiger partial charge in [-0.25, -0.2) is 9.18 Å². The Kier molecular flexibility index (Phi) is 3.43. The Morgan fingerprint density at radius 3 is 2.71 bits per heavy atom. The standard InChI is InChI=1S/C9H8ClFO3/c10-6-2-1-3-7(11)5(6)4-8(12)9(13)14/h1-3,8,12H,4H2,(H,13,14)/t8-/m0/s1. The number of carboxylic acids is 1. The van der Waals surface area contributed by atoms with Crippen LogP contribution in [0.15, 0.2) is 18.2 Å². The zero-order valence-electron chi connectivity index (χ0n) is 7.08. The maximum atomic E-state index is 13.1. The number of carbonyl (C=O) groups is 1. The van der Waals surface area contributed by atoms with Crippen LogP contribution in [0.5, 0.6) is 0 Å². The monoisotopic (exact) mass is 218 g/mol. The highest BCUT2D eigenvalue weighted by molar-refractivity contribution is 6.31. The lowest BCUT2D eigenvalue weighted by Crippen LogP contribution is -2.22. The molecule has 1 aromatic rings. The molecular weight excluding hydrogens is 211 g/mol. The highest BCUT2D eigenvalue weighted by Gasteiger charge is 2.17. The fraction of sp³-hybridized carbons (Fsp3) is 0.222. The summed E-state index contributed by atoms with van der Waals surface area (Å²) in [5, 5.41) is 17.5. The Morgan fingerprint density at radius 1 is 1.57 bits per heavy atom. The van der Waals surface area contributed by atoms with Crippen molar-refractivity contribution in [2.24, 2.45) is 0 Å². The van der Waals surface area contributed by atoms with E-state index in [4.69, 9.17) is 21.8 Å². The summed E-state index contributed by atoms with van der Waals surface area (Å²) in [7, 11) is 0. The van der Waals surface area contributed by atoms with Gasteiger partial charge in [0, 0.05) is 17.0 Å². The molecule has 0 unspecified atom stereocenters. The third-order valence-electron chi connectivity index (χ3n) is 1.74. The number of aliphatic hydroxyl groups is 1. The highest BCUT2D eigenvalue weighted by atomic mass is 35.5. The van der Waals surface area contributed by atoms with Gasteiger partial charge in [-0.1, -0.05) is 17.7 Å². The van der Waals surface area contributed by atoms with E-state index >= 15 is 0 Å². The lowest BCUT2D eigenvalue weighted by molar-refractivity contribution is -0.146. The van der Waals surface area contributed by atoms with E-state index in [0.717, 1.165) is 6.07 Å². The minimum Gasteiger partial charge on any atom is -0.479 e. The second kappa shape index (κ2) is 4.39. The number of rotatable bonds is 3. The molecule has 0 aliphatic carbocycles. The van der Waals surface area contributed by atoms with Crippen LogP contribution in [0.25, 0.3) is 0 Å². The largest absolute Gasteiger partial charge is 0.479 e. The molecule has 0 radical (unpaired) electrons. The smallest absolute Gasteiger partial charge is 0.332 e. The van der Waals surface area contributed by atoms with E-state index in [1.54, 1.807) is 0 Å². The molecule has 3 nitrogen and oxygen atoms in total. The Labute approximate surface area is 84.7 Å². The van der Waals surface area contributed by atoms with Crippen LogP contribution in [0.3, 0.4) is 0 Å². The molecule has 1 aromatic carbocycles. The third-order valence-corrected chi connectivity index (χ3v) is 2.10. The summed E-state index contributed by atoms with van der Waals surface area (Å²) in [6.07, 6.45) is -1.97. The van der Waals surface area contributed by atoms with Gasteiger partial charge in [-0.05, 0) is 12.1 Å². The summed E-state index contributed by atoms with van der Waals surface area (Å²) in [4.78, 5) is 10.3. The van der Waals surface area contributed by atoms with Gasteiger partial charge in [-0.2, -0.15) is 0 Å². The zero-order chi connectivity index (χ0) is 10.7. The lowest BCUT2D eigenvalue weighted by Gasteiger charge is -2.07. The maximum absolute atomic E-state index is 13.1. The van der Waals surface area contributed by atoms with E-state index in [9.17, 15) is 9.18 Å². The van der Waals surface area contributed by atoms with E-state index in [2.05, 4.69) is 0 Å². The van der Waals surface area contributed by atoms with Gasteiger partial charge in [0.15, 0.2) is 6.10 Å². The van der Waals surface area contributed by atoms with E-state index < -0.39 is 17.9 Å². The van der Waals surface area contributed by atoms with Gasteiger partial charge in [0.25, 0.3) is 0 Å². The molecule has 0 heterocycles. The molecule has 0 spiro atoms. The molecule has 0 aromatic heterocycles. The first-order chi connectivity index (χ1) is 6.52.